The molecule has 0 saturated heterocycles. The van der Waals surface area contributed by atoms with Gasteiger partial charge in [-0.15, -0.1) is 11.8 Å². The summed E-state index contributed by atoms with van der Waals surface area (Å²) in [6, 6.07) is 9.71. The van der Waals surface area contributed by atoms with Crippen molar-refractivity contribution in [1.29, 1.82) is 0 Å². The molecule has 1 amide bonds. The van der Waals surface area contributed by atoms with Crippen molar-refractivity contribution in [1.82, 2.24) is 4.98 Å². The number of rotatable bonds is 4. The van der Waals surface area contributed by atoms with Crippen molar-refractivity contribution in [2.45, 2.75) is 11.8 Å². The van der Waals surface area contributed by atoms with Gasteiger partial charge in [0, 0.05) is 11.1 Å². The molecule has 104 valence electrons. The van der Waals surface area contributed by atoms with Gasteiger partial charge in [-0.25, -0.2) is 4.98 Å². The molecule has 0 bridgehead atoms. The molecule has 1 aromatic carbocycles. The largest absolute Gasteiger partial charge is 0.309 e. The Morgan fingerprint density at radius 3 is 2.70 bits per heavy atom. The minimum atomic E-state index is -0.157. The number of amides is 1. The van der Waals surface area contributed by atoms with Crippen LogP contribution in [0.5, 0.6) is 0 Å². The molecular formula is C14H12Cl2N2OS. The van der Waals surface area contributed by atoms with Crippen molar-refractivity contribution in [3.63, 3.8) is 0 Å². The first-order valence-electron chi connectivity index (χ1n) is 5.86. The molecule has 0 aliphatic heterocycles. The van der Waals surface area contributed by atoms with Crippen LogP contribution in [0.3, 0.4) is 0 Å². The summed E-state index contributed by atoms with van der Waals surface area (Å²) in [7, 11) is 0. The van der Waals surface area contributed by atoms with Crippen LogP contribution in [0.2, 0.25) is 10.0 Å². The van der Waals surface area contributed by atoms with E-state index in [1.807, 2.05) is 30.3 Å². The van der Waals surface area contributed by atoms with E-state index in [1.54, 1.807) is 6.92 Å². The summed E-state index contributed by atoms with van der Waals surface area (Å²) in [6.07, 6.45) is 1.47. The van der Waals surface area contributed by atoms with Crippen LogP contribution in [0.25, 0.3) is 0 Å². The fraction of sp³-hybridized carbons (Fsp3) is 0.143. The number of carbonyl (C=O) groups is 1. The fourth-order valence-corrected chi connectivity index (χ4v) is 2.59. The lowest BCUT2D eigenvalue weighted by atomic mass is 10.3. The monoisotopic (exact) mass is 326 g/mol. The Bertz CT molecular complexity index is 620. The molecule has 0 atom stereocenters. The fourth-order valence-electron chi connectivity index (χ4n) is 1.48. The molecule has 1 heterocycles. The average molecular weight is 327 g/mol. The number of carbonyl (C=O) groups excluding carboxylic acids is 1. The normalized spacial score (nSPS) is 10.3. The lowest BCUT2D eigenvalue weighted by Gasteiger charge is -2.09. The van der Waals surface area contributed by atoms with Gasteiger partial charge in [0.1, 0.15) is 0 Å². The SMILES string of the molecule is Cc1c(Cl)cnc(NC(=O)CSc2ccccc2)c1Cl. The lowest BCUT2D eigenvalue weighted by Crippen LogP contribution is -2.15. The Kier molecular flexibility index (Phi) is 5.29. The van der Waals surface area contributed by atoms with E-state index in [2.05, 4.69) is 10.3 Å². The molecule has 6 heteroatoms. The summed E-state index contributed by atoms with van der Waals surface area (Å²) in [4.78, 5) is 16.9. The van der Waals surface area contributed by atoms with E-state index < -0.39 is 0 Å². The van der Waals surface area contributed by atoms with Crippen LogP contribution in [0.15, 0.2) is 41.4 Å². The van der Waals surface area contributed by atoms with Gasteiger partial charge in [-0.2, -0.15) is 0 Å². The van der Waals surface area contributed by atoms with Gasteiger partial charge in [-0.1, -0.05) is 41.4 Å². The molecule has 1 aromatic heterocycles. The zero-order valence-electron chi connectivity index (χ0n) is 10.7. The third-order valence-corrected chi connectivity index (χ3v) is 4.43. The second-order valence-electron chi connectivity index (χ2n) is 4.04. The molecule has 0 spiro atoms. The van der Waals surface area contributed by atoms with Crippen LogP contribution < -0.4 is 5.32 Å². The summed E-state index contributed by atoms with van der Waals surface area (Å²) >= 11 is 13.4. The molecule has 0 unspecified atom stereocenters. The smallest absolute Gasteiger partial charge is 0.235 e. The van der Waals surface area contributed by atoms with E-state index in [4.69, 9.17) is 23.2 Å². The molecule has 0 radical (unpaired) electrons. The number of halogens is 2. The molecule has 20 heavy (non-hydrogen) atoms. The number of hydrogen-bond acceptors (Lipinski definition) is 3. The lowest BCUT2D eigenvalue weighted by molar-refractivity contribution is -0.113. The first-order valence-corrected chi connectivity index (χ1v) is 7.60. The zero-order chi connectivity index (χ0) is 14.5. The number of nitrogens with one attached hydrogen (secondary N) is 1. The number of hydrogen-bond donors (Lipinski definition) is 1. The highest BCUT2D eigenvalue weighted by Crippen LogP contribution is 2.28. The van der Waals surface area contributed by atoms with Gasteiger partial charge >= 0.3 is 0 Å². The minimum Gasteiger partial charge on any atom is -0.309 e. The summed E-state index contributed by atoms with van der Waals surface area (Å²) in [5.41, 5.74) is 0.703. The Morgan fingerprint density at radius 2 is 2.00 bits per heavy atom. The first kappa shape index (κ1) is 15.2. The summed E-state index contributed by atoms with van der Waals surface area (Å²) in [5, 5.41) is 3.54. The van der Waals surface area contributed by atoms with Gasteiger partial charge in [-0.3, -0.25) is 4.79 Å². The Morgan fingerprint density at radius 1 is 1.30 bits per heavy atom. The van der Waals surface area contributed by atoms with Crippen molar-refractivity contribution in [3.05, 3.63) is 52.1 Å². The second kappa shape index (κ2) is 6.97. The van der Waals surface area contributed by atoms with Gasteiger partial charge in [0.25, 0.3) is 0 Å². The van der Waals surface area contributed by atoms with Gasteiger partial charge in [0.15, 0.2) is 5.82 Å². The van der Waals surface area contributed by atoms with E-state index in [0.29, 0.717) is 27.2 Å². The highest BCUT2D eigenvalue weighted by atomic mass is 35.5. The molecule has 1 N–H and O–H groups in total. The zero-order valence-corrected chi connectivity index (χ0v) is 13.0. The second-order valence-corrected chi connectivity index (χ2v) is 5.88. The van der Waals surface area contributed by atoms with Crippen LogP contribution in [0, 0.1) is 6.92 Å². The molecule has 0 aliphatic carbocycles. The van der Waals surface area contributed by atoms with E-state index in [-0.39, 0.29) is 5.91 Å². The maximum Gasteiger partial charge on any atom is 0.235 e. The van der Waals surface area contributed by atoms with Crippen molar-refractivity contribution in [2.24, 2.45) is 0 Å². The molecular weight excluding hydrogens is 315 g/mol. The van der Waals surface area contributed by atoms with Crippen LogP contribution in [-0.4, -0.2) is 16.6 Å². The Hall–Kier alpha value is -1.23. The average Bonchev–Trinajstić information content (AvgIpc) is 2.47. The van der Waals surface area contributed by atoms with E-state index in [0.717, 1.165) is 4.90 Å². The van der Waals surface area contributed by atoms with E-state index in [1.165, 1.54) is 18.0 Å². The Balaban J connectivity index is 1.97. The van der Waals surface area contributed by atoms with Gasteiger partial charge in [0.05, 0.1) is 15.8 Å². The number of anilines is 1. The minimum absolute atomic E-state index is 0.157. The predicted molar refractivity (Wildman–Crippen MR) is 84.8 cm³/mol. The van der Waals surface area contributed by atoms with Crippen LogP contribution in [0.1, 0.15) is 5.56 Å². The van der Waals surface area contributed by atoms with Crippen LogP contribution in [0.4, 0.5) is 5.82 Å². The number of benzene rings is 1. The maximum atomic E-state index is 11.9. The van der Waals surface area contributed by atoms with Gasteiger partial charge in [-0.05, 0) is 24.6 Å². The molecule has 2 rings (SSSR count). The molecule has 3 nitrogen and oxygen atoms in total. The molecule has 2 aromatic rings. The molecule has 0 fully saturated rings. The summed E-state index contributed by atoms with van der Waals surface area (Å²) < 4.78 is 0. The number of pyridine rings is 1. The predicted octanol–water partition coefficient (Wildman–Crippen LogP) is 4.43. The van der Waals surface area contributed by atoms with E-state index in [9.17, 15) is 4.79 Å². The summed E-state index contributed by atoms with van der Waals surface area (Å²) in [6.45, 7) is 1.78. The Labute approximate surface area is 131 Å². The van der Waals surface area contributed by atoms with Crippen LogP contribution in [-0.2, 0) is 4.79 Å². The topological polar surface area (TPSA) is 42.0 Å². The maximum absolute atomic E-state index is 11.9. The standard InChI is InChI=1S/C14H12Cl2N2OS/c1-9-11(15)7-17-14(13(9)16)18-12(19)8-20-10-5-3-2-4-6-10/h2-7H,8H2,1H3,(H,17,18,19). The van der Waals surface area contributed by atoms with E-state index >= 15 is 0 Å². The third kappa shape index (κ3) is 3.88. The number of nitrogens with zero attached hydrogens (tertiary/aromatic N) is 1. The third-order valence-electron chi connectivity index (χ3n) is 2.57. The van der Waals surface area contributed by atoms with Crippen molar-refractivity contribution in [2.75, 3.05) is 11.1 Å². The first-order chi connectivity index (χ1) is 9.58. The summed E-state index contributed by atoms with van der Waals surface area (Å²) in [5.74, 6) is 0.478. The van der Waals surface area contributed by atoms with Crippen molar-refractivity contribution >= 4 is 46.7 Å². The highest BCUT2D eigenvalue weighted by Gasteiger charge is 2.11. The van der Waals surface area contributed by atoms with Crippen molar-refractivity contribution in [3.8, 4) is 0 Å². The highest BCUT2D eigenvalue weighted by molar-refractivity contribution is 8.00. The van der Waals surface area contributed by atoms with Crippen molar-refractivity contribution < 1.29 is 4.79 Å². The molecule has 0 aliphatic rings. The molecule has 0 saturated carbocycles. The van der Waals surface area contributed by atoms with Crippen LogP contribution >= 0.6 is 35.0 Å². The van der Waals surface area contributed by atoms with Gasteiger partial charge in [0.2, 0.25) is 5.91 Å². The van der Waals surface area contributed by atoms with Gasteiger partial charge < -0.3 is 5.32 Å². The quantitative estimate of drug-likeness (QED) is 0.845. The number of aromatic nitrogens is 1. The number of thioether (sulfide) groups is 1.